The third-order valence-electron chi connectivity index (χ3n) is 5.67. The van der Waals surface area contributed by atoms with Gasteiger partial charge in [0.15, 0.2) is 0 Å². The quantitative estimate of drug-likeness (QED) is 0.538. The molecule has 1 aromatic carbocycles. The molecule has 6 heteroatoms. The van der Waals surface area contributed by atoms with Gasteiger partial charge in [0.25, 0.3) is 5.95 Å². The standard InChI is InChI=1S/C23H31N5.ClH/c1-15(2)20-14-21(16(3)4)28(27-20)23-25-19-13-9-8-12-18(19)22(26-23)24-17-10-6-5-7-11-17;/h8-9,12-17H,5-7,10-11H2,1-4H3,(H,24,25,26);1H. The molecule has 2 heterocycles. The summed E-state index contributed by atoms with van der Waals surface area (Å²) in [6.45, 7) is 8.74. The molecule has 4 rings (SSSR count). The van der Waals surface area contributed by atoms with E-state index in [-0.39, 0.29) is 12.4 Å². The highest BCUT2D eigenvalue weighted by Gasteiger charge is 2.20. The molecule has 29 heavy (non-hydrogen) atoms. The number of aromatic nitrogens is 4. The first kappa shape index (κ1) is 21.6. The molecular formula is C23H32ClN5. The van der Waals surface area contributed by atoms with Crippen LogP contribution in [0.4, 0.5) is 5.82 Å². The van der Waals surface area contributed by atoms with Gasteiger partial charge in [-0.1, -0.05) is 59.1 Å². The highest BCUT2D eigenvalue weighted by Crippen LogP contribution is 2.28. The number of anilines is 1. The van der Waals surface area contributed by atoms with E-state index < -0.39 is 0 Å². The molecule has 5 nitrogen and oxygen atoms in total. The van der Waals surface area contributed by atoms with Gasteiger partial charge in [0.1, 0.15) is 5.82 Å². The fraction of sp³-hybridized carbons (Fsp3) is 0.522. The smallest absolute Gasteiger partial charge is 0.253 e. The van der Waals surface area contributed by atoms with E-state index >= 15 is 0 Å². The lowest BCUT2D eigenvalue weighted by Gasteiger charge is -2.24. The molecule has 1 N–H and O–H groups in total. The second-order valence-electron chi connectivity index (χ2n) is 8.58. The summed E-state index contributed by atoms with van der Waals surface area (Å²) >= 11 is 0. The van der Waals surface area contributed by atoms with Crippen LogP contribution in [-0.4, -0.2) is 25.8 Å². The first-order chi connectivity index (χ1) is 13.5. The molecule has 1 saturated carbocycles. The summed E-state index contributed by atoms with van der Waals surface area (Å²) in [5.74, 6) is 2.32. The minimum absolute atomic E-state index is 0. The van der Waals surface area contributed by atoms with Gasteiger partial charge < -0.3 is 5.32 Å². The number of nitrogens with zero attached hydrogens (tertiary/aromatic N) is 4. The molecule has 156 valence electrons. The van der Waals surface area contributed by atoms with Gasteiger partial charge >= 0.3 is 0 Å². The molecule has 0 unspecified atom stereocenters. The molecule has 0 amide bonds. The van der Waals surface area contributed by atoms with Gasteiger partial charge in [-0.05, 0) is 42.9 Å². The Kier molecular flexibility index (Phi) is 6.78. The molecule has 1 aliphatic carbocycles. The van der Waals surface area contributed by atoms with Gasteiger partial charge in [0.05, 0.1) is 16.9 Å². The predicted molar refractivity (Wildman–Crippen MR) is 123 cm³/mol. The summed E-state index contributed by atoms with van der Waals surface area (Å²) in [4.78, 5) is 9.82. The summed E-state index contributed by atoms with van der Waals surface area (Å²) < 4.78 is 1.94. The van der Waals surface area contributed by atoms with Crippen LogP contribution in [0.3, 0.4) is 0 Å². The lowest BCUT2D eigenvalue weighted by atomic mass is 9.95. The average molecular weight is 414 g/mol. The van der Waals surface area contributed by atoms with Crippen molar-refractivity contribution in [1.29, 1.82) is 0 Å². The zero-order valence-corrected chi connectivity index (χ0v) is 18.7. The normalized spacial score (nSPS) is 15.1. The number of nitrogens with one attached hydrogen (secondary N) is 1. The summed E-state index contributed by atoms with van der Waals surface area (Å²) in [7, 11) is 0. The Bertz CT molecular complexity index is 957. The van der Waals surface area contributed by atoms with Crippen molar-refractivity contribution in [2.24, 2.45) is 0 Å². The van der Waals surface area contributed by atoms with Crippen LogP contribution in [0.15, 0.2) is 30.3 Å². The van der Waals surface area contributed by atoms with Crippen LogP contribution in [0.1, 0.15) is 83.0 Å². The second kappa shape index (κ2) is 9.12. The van der Waals surface area contributed by atoms with Crippen LogP contribution in [0.5, 0.6) is 0 Å². The first-order valence-electron chi connectivity index (χ1n) is 10.7. The monoisotopic (exact) mass is 413 g/mol. The molecule has 0 radical (unpaired) electrons. The molecule has 1 fully saturated rings. The lowest BCUT2D eigenvalue weighted by molar-refractivity contribution is 0.462. The van der Waals surface area contributed by atoms with Gasteiger partial charge in [-0.3, -0.25) is 0 Å². The summed E-state index contributed by atoms with van der Waals surface area (Å²) in [6.07, 6.45) is 6.36. The highest BCUT2D eigenvalue weighted by molar-refractivity contribution is 5.89. The molecule has 2 aromatic heterocycles. The van der Waals surface area contributed by atoms with Crippen molar-refractivity contribution < 1.29 is 0 Å². The SMILES string of the molecule is CC(C)c1cc(C(C)C)n(-c2nc(NC3CCCCC3)c3ccccc3n2)n1.Cl. The maximum atomic E-state index is 4.96. The van der Waals surface area contributed by atoms with Crippen molar-refractivity contribution in [3.8, 4) is 5.95 Å². The lowest BCUT2D eigenvalue weighted by Crippen LogP contribution is -2.23. The van der Waals surface area contributed by atoms with Gasteiger partial charge in [-0.2, -0.15) is 10.1 Å². The molecule has 0 aliphatic heterocycles. The molecule has 0 bridgehead atoms. The van der Waals surface area contributed by atoms with Gasteiger partial charge in [-0.25, -0.2) is 9.67 Å². The first-order valence-corrected chi connectivity index (χ1v) is 10.7. The zero-order chi connectivity index (χ0) is 19.7. The zero-order valence-electron chi connectivity index (χ0n) is 17.9. The Morgan fingerprint density at radius 1 is 0.966 bits per heavy atom. The third kappa shape index (κ3) is 4.55. The molecule has 0 spiro atoms. The number of para-hydroxylation sites is 1. The third-order valence-corrected chi connectivity index (χ3v) is 5.67. The predicted octanol–water partition coefficient (Wildman–Crippen LogP) is 6.23. The Hall–Kier alpha value is -2.14. The number of halogens is 1. The maximum absolute atomic E-state index is 4.96. The Balaban J connectivity index is 0.00000240. The van der Waals surface area contributed by atoms with E-state index in [0.29, 0.717) is 23.8 Å². The number of rotatable bonds is 5. The average Bonchev–Trinajstić information content (AvgIpc) is 3.15. The van der Waals surface area contributed by atoms with E-state index in [1.54, 1.807) is 0 Å². The maximum Gasteiger partial charge on any atom is 0.253 e. The topological polar surface area (TPSA) is 55.6 Å². The fourth-order valence-electron chi connectivity index (χ4n) is 3.98. The van der Waals surface area contributed by atoms with Crippen molar-refractivity contribution in [1.82, 2.24) is 19.7 Å². The molecule has 0 atom stereocenters. The minimum atomic E-state index is 0. The number of hydrogen-bond donors (Lipinski definition) is 1. The Labute approximate surface area is 179 Å². The number of benzene rings is 1. The minimum Gasteiger partial charge on any atom is -0.367 e. The summed E-state index contributed by atoms with van der Waals surface area (Å²) in [5.41, 5.74) is 3.20. The van der Waals surface area contributed by atoms with Crippen molar-refractivity contribution in [3.05, 3.63) is 41.7 Å². The molecular weight excluding hydrogens is 382 g/mol. The van der Waals surface area contributed by atoms with E-state index in [2.05, 4.69) is 57.3 Å². The van der Waals surface area contributed by atoms with Crippen LogP contribution < -0.4 is 5.32 Å². The van der Waals surface area contributed by atoms with Gasteiger partial charge in [0, 0.05) is 11.4 Å². The Morgan fingerprint density at radius 3 is 2.38 bits per heavy atom. The van der Waals surface area contributed by atoms with E-state index in [0.717, 1.165) is 28.1 Å². The van der Waals surface area contributed by atoms with Crippen molar-refractivity contribution in [2.45, 2.75) is 77.7 Å². The van der Waals surface area contributed by atoms with Crippen LogP contribution in [0, 0.1) is 0 Å². The van der Waals surface area contributed by atoms with Crippen LogP contribution in [0.2, 0.25) is 0 Å². The second-order valence-corrected chi connectivity index (χ2v) is 8.58. The summed E-state index contributed by atoms with van der Waals surface area (Å²) in [6, 6.07) is 11.0. The fourth-order valence-corrected chi connectivity index (χ4v) is 3.98. The van der Waals surface area contributed by atoms with Crippen LogP contribution >= 0.6 is 12.4 Å². The van der Waals surface area contributed by atoms with Crippen molar-refractivity contribution in [2.75, 3.05) is 5.32 Å². The van der Waals surface area contributed by atoms with Crippen LogP contribution in [-0.2, 0) is 0 Å². The summed E-state index contributed by atoms with van der Waals surface area (Å²) in [5, 5.41) is 9.66. The van der Waals surface area contributed by atoms with E-state index in [9.17, 15) is 0 Å². The Morgan fingerprint density at radius 2 is 1.69 bits per heavy atom. The van der Waals surface area contributed by atoms with Gasteiger partial charge in [0.2, 0.25) is 0 Å². The van der Waals surface area contributed by atoms with E-state index in [4.69, 9.17) is 15.1 Å². The van der Waals surface area contributed by atoms with E-state index in [1.165, 1.54) is 32.1 Å². The van der Waals surface area contributed by atoms with Crippen molar-refractivity contribution in [3.63, 3.8) is 0 Å². The molecule has 3 aromatic rings. The highest BCUT2D eigenvalue weighted by atomic mass is 35.5. The largest absolute Gasteiger partial charge is 0.367 e. The number of hydrogen-bond acceptors (Lipinski definition) is 4. The van der Waals surface area contributed by atoms with Gasteiger partial charge in [-0.15, -0.1) is 12.4 Å². The van der Waals surface area contributed by atoms with Crippen molar-refractivity contribution >= 4 is 29.1 Å². The number of fused-ring (bicyclic) bond motifs is 1. The van der Waals surface area contributed by atoms with E-state index in [1.807, 2.05) is 10.7 Å². The van der Waals surface area contributed by atoms with Crippen LogP contribution in [0.25, 0.3) is 16.9 Å². The molecule has 1 aliphatic rings. The molecule has 0 saturated heterocycles.